The van der Waals surface area contributed by atoms with Gasteiger partial charge in [-0.3, -0.25) is 4.72 Å². The topological polar surface area (TPSA) is 59.1 Å². The Hall–Kier alpha value is -2.09. The van der Waals surface area contributed by atoms with E-state index in [0.717, 1.165) is 36.5 Å². The number of aromatic nitrogens is 1. The fourth-order valence-electron chi connectivity index (χ4n) is 1.38. The Labute approximate surface area is 107 Å². The van der Waals surface area contributed by atoms with Crippen LogP contribution in [0, 0.1) is 17.6 Å². The molecule has 0 saturated carbocycles. The molecule has 4 nitrogen and oxygen atoms in total. The summed E-state index contributed by atoms with van der Waals surface area (Å²) in [6.07, 6.45) is 0.894. The number of rotatable bonds is 3. The van der Waals surface area contributed by atoms with Gasteiger partial charge in [-0.05, 0) is 24.3 Å². The molecule has 2 rings (SSSR count). The standard InChI is InChI=1S/C11H7F3N2O2S/c12-8-2-1-3-9(13)11(8)19(17,18)16-7-4-5-10(14)15-6-7/h1-6,16H. The second-order valence-corrected chi connectivity index (χ2v) is 5.15. The van der Waals surface area contributed by atoms with Crippen LogP contribution in [0.25, 0.3) is 0 Å². The van der Waals surface area contributed by atoms with Gasteiger partial charge in [0.05, 0.1) is 11.9 Å². The molecule has 1 N–H and O–H groups in total. The van der Waals surface area contributed by atoms with Crippen molar-refractivity contribution in [2.75, 3.05) is 4.72 Å². The highest BCUT2D eigenvalue weighted by molar-refractivity contribution is 7.92. The zero-order valence-electron chi connectivity index (χ0n) is 9.27. The van der Waals surface area contributed by atoms with Crippen LogP contribution in [0.3, 0.4) is 0 Å². The zero-order chi connectivity index (χ0) is 14.0. The van der Waals surface area contributed by atoms with Crippen LogP contribution in [0.5, 0.6) is 0 Å². The first kappa shape index (κ1) is 13.3. The first-order valence-corrected chi connectivity index (χ1v) is 6.47. The Kier molecular flexibility index (Phi) is 3.43. The Balaban J connectivity index is 2.41. The molecule has 19 heavy (non-hydrogen) atoms. The van der Waals surface area contributed by atoms with E-state index in [-0.39, 0.29) is 5.69 Å². The van der Waals surface area contributed by atoms with Crippen LogP contribution in [0.15, 0.2) is 41.4 Å². The summed E-state index contributed by atoms with van der Waals surface area (Å²) in [5.74, 6) is -3.25. The fraction of sp³-hybridized carbons (Fsp3) is 0. The molecule has 0 unspecified atom stereocenters. The summed E-state index contributed by atoms with van der Waals surface area (Å²) in [4.78, 5) is 2.12. The van der Waals surface area contributed by atoms with Crippen molar-refractivity contribution in [2.45, 2.75) is 4.90 Å². The summed E-state index contributed by atoms with van der Waals surface area (Å²) in [5, 5.41) is 0. The van der Waals surface area contributed by atoms with Crippen molar-refractivity contribution in [3.8, 4) is 0 Å². The molecular formula is C11H7F3N2O2S. The summed E-state index contributed by atoms with van der Waals surface area (Å²) < 4.78 is 64.9. The lowest BCUT2D eigenvalue weighted by atomic mass is 10.3. The number of benzene rings is 1. The Morgan fingerprint density at radius 1 is 1.00 bits per heavy atom. The lowest BCUT2D eigenvalue weighted by molar-refractivity contribution is 0.521. The second kappa shape index (κ2) is 4.88. The number of nitrogens with one attached hydrogen (secondary N) is 1. The molecule has 8 heteroatoms. The third kappa shape index (κ3) is 2.84. The molecule has 1 aromatic heterocycles. The Morgan fingerprint density at radius 3 is 2.16 bits per heavy atom. The average Bonchev–Trinajstić information content (AvgIpc) is 2.31. The van der Waals surface area contributed by atoms with Gasteiger partial charge in [-0.1, -0.05) is 6.07 Å². The van der Waals surface area contributed by atoms with E-state index >= 15 is 0 Å². The predicted octanol–water partition coefficient (Wildman–Crippen LogP) is 2.30. The fourth-order valence-corrected chi connectivity index (χ4v) is 2.56. The largest absolute Gasteiger partial charge is 0.278 e. The maximum Gasteiger partial charge on any atom is 0.267 e. The second-order valence-electron chi connectivity index (χ2n) is 3.53. The molecule has 1 heterocycles. The van der Waals surface area contributed by atoms with Gasteiger partial charge in [0.1, 0.15) is 11.6 Å². The molecule has 0 aliphatic heterocycles. The van der Waals surface area contributed by atoms with E-state index in [4.69, 9.17) is 0 Å². The number of hydrogen-bond acceptors (Lipinski definition) is 3. The maximum atomic E-state index is 13.4. The molecular weight excluding hydrogens is 281 g/mol. The molecule has 0 aliphatic rings. The van der Waals surface area contributed by atoms with Crippen molar-refractivity contribution >= 4 is 15.7 Å². The highest BCUT2D eigenvalue weighted by Crippen LogP contribution is 2.21. The van der Waals surface area contributed by atoms with Crippen molar-refractivity contribution in [3.63, 3.8) is 0 Å². The molecule has 0 aliphatic carbocycles. The van der Waals surface area contributed by atoms with Crippen molar-refractivity contribution in [1.29, 1.82) is 0 Å². The maximum absolute atomic E-state index is 13.4. The van der Waals surface area contributed by atoms with Gasteiger partial charge in [0.25, 0.3) is 10.0 Å². The molecule has 0 spiro atoms. The van der Waals surface area contributed by atoms with E-state index in [1.807, 2.05) is 4.72 Å². The van der Waals surface area contributed by atoms with Crippen LogP contribution in [0.1, 0.15) is 0 Å². The minimum Gasteiger partial charge on any atom is -0.278 e. The number of hydrogen-bond donors (Lipinski definition) is 1. The SMILES string of the molecule is O=S(=O)(Nc1ccc(F)nc1)c1c(F)cccc1F. The van der Waals surface area contributed by atoms with Crippen LogP contribution in [-0.4, -0.2) is 13.4 Å². The van der Waals surface area contributed by atoms with E-state index < -0.39 is 32.5 Å². The van der Waals surface area contributed by atoms with E-state index in [2.05, 4.69) is 4.98 Å². The summed E-state index contributed by atoms with van der Waals surface area (Å²) in [6.45, 7) is 0. The van der Waals surface area contributed by atoms with Crippen LogP contribution in [0.4, 0.5) is 18.9 Å². The first-order valence-electron chi connectivity index (χ1n) is 4.98. The highest BCUT2D eigenvalue weighted by atomic mass is 32.2. The third-order valence-electron chi connectivity index (χ3n) is 2.17. The highest BCUT2D eigenvalue weighted by Gasteiger charge is 2.23. The van der Waals surface area contributed by atoms with Gasteiger partial charge in [-0.25, -0.2) is 22.2 Å². The molecule has 0 bridgehead atoms. The Bertz CT molecular complexity index is 682. The van der Waals surface area contributed by atoms with Gasteiger partial charge in [-0.2, -0.15) is 4.39 Å². The first-order chi connectivity index (χ1) is 8.90. The van der Waals surface area contributed by atoms with Crippen molar-refractivity contribution in [1.82, 2.24) is 4.98 Å². The predicted molar refractivity (Wildman–Crippen MR) is 61.4 cm³/mol. The molecule has 2 aromatic rings. The number of halogens is 3. The molecule has 1 aromatic carbocycles. The van der Waals surface area contributed by atoms with Gasteiger partial charge < -0.3 is 0 Å². The monoisotopic (exact) mass is 288 g/mol. The molecule has 0 amide bonds. The van der Waals surface area contributed by atoms with E-state index in [0.29, 0.717) is 0 Å². The third-order valence-corrected chi connectivity index (χ3v) is 3.60. The summed E-state index contributed by atoms with van der Waals surface area (Å²) >= 11 is 0. The van der Waals surface area contributed by atoms with Crippen molar-refractivity contribution < 1.29 is 21.6 Å². The van der Waals surface area contributed by atoms with Gasteiger partial charge >= 0.3 is 0 Å². The Morgan fingerprint density at radius 2 is 1.63 bits per heavy atom. The minimum atomic E-state index is -4.45. The van der Waals surface area contributed by atoms with E-state index in [1.165, 1.54) is 0 Å². The van der Waals surface area contributed by atoms with Crippen LogP contribution < -0.4 is 4.72 Å². The molecule has 0 fully saturated rings. The quantitative estimate of drug-likeness (QED) is 0.882. The van der Waals surface area contributed by atoms with Crippen LogP contribution in [-0.2, 0) is 10.0 Å². The van der Waals surface area contributed by atoms with Gasteiger partial charge in [-0.15, -0.1) is 0 Å². The smallest absolute Gasteiger partial charge is 0.267 e. The van der Waals surface area contributed by atoms with Gasteiger partial charge in [0.2, 0.25) is 5.95 Å². The lowest BCUT2D eigenvalue weighted by Gasteiger charge is -2.09. The molecule has 0 atom stereocenters. The van der Waals surface area contributed by atoms with Crippen LogP contribution in [0.2, 0.25) is 0 Å². The van der Waals surface area contributed by atoms with Crippen molar-refractivity contribution in [2.24, 2.45) is 0 Å². The number of nitrogens with zero attached hydrogens (tertiary/aromatic N) is 1. The molecule has 0 radical (unpaired) electrons. The lowest BCUT2D eigenvalue weighted by Crippen LogP contribution is -2.16. The van der Waals surface area contributed by atoms with Gasteiger partial charge in [0.15, 0.2) is 4.90 Å². The summed E-state index contributed by atoms with van der Waals surface area (Å²) in [7, 11) is -4.45. The number of sulfonamides is 1. The average molecular weight is 288 g/mol. The van der Waals surface area contributed by atoms with E-state index in [1.54, 1.807) is 0 Å². The normalized spacial score (nSPS) is 11.3. The summed E-state index contributed by atoms with van der Waals surface area (Å²) in [5.41, 5.74) is -0.107. The zero-order valence-corrected chi connectivity index (χ0v) is 10.1. The van der Waals surface area contributed by atoms with E-state index in [9.17, 15) is 21.6 Å². The number of anilines is 1. The van der Waals surface area contributed by atoms with Crippen molar-refractivity contribution in [3.05, 3.63) is 54.1 Å². The molecule has 100 valence electrons. The summed E-state index contributed by atoms with van der Waals surface area (Å²) in [6, 6.07) is 4.68. The van der Waals surface area contributed by atoms with Crippen LogP contribution >= 0.6 is 0 Å². The molecule has 0 saturated heterocycles. The van der Waals surface area contributed by atoms with Gasteiger partial charge in [0, 0.05) is 0 Å². The minimum absolute atomic E-state index is 0.107. The number of pyridine rings is 1.